The van der Waals surface area contributed by atoms with E-state index in [-0.39, 0.29) is 11.9 Å². The Morgan fingerprint density at radius 2 is 1.74 bits per heavy atom. The maximum atomic E-state index is 11.9. The third-order valence-corrected chi connectivity index (χ3v) is 6.27. The van der Waals surface area contributed by atoms with Crippen molar-refractivity contribution < 1.29 is 9.53 Å². The highest BCUT2D eigenvalue weighted by Crippen LogP contribution is 2.53. The van der Waals surface area contributed by atoms with Gasteiger partial charge in [-0.3, -0.25) is 9.69 Å². The van der Waals surface area contributed by atoms with E-state index in [0.717, 1.165) is 25.0 Å². The molecule has 0 bridgehead atoms. The number of fused-ring (bicyclic) bond motifs is 1. The summed E-state index contributed by atoms with van der Waals surface area (Å²) in [7, 11) is 0. The molecule has 0 aromatic heterocycles. The van der Waals surface area contributed by atoms with Crippen molar-refractivity contribution in [3.8, 4) is 0 Å². The minimum atomic E-state index is 0.0509. The quantitative estimate of drug-likeness (QED) is 0.797. The summed E-state index contributed by atoms with van der Waals surface area (Å²) in [6.07, 6.45) is 5.23. The minimum Gasteiger partial charge on any atom is -0.466 e. The Morgan fingerprint density at radius 1 is 1.09 bits per heavy atom. The number of benzene rings is 1. The topological polar surface area (TPSA) is 29.5 Å². The third kappa shape index (κ3) is 2.91. The number of likely N-dealkylation sites (tertiary alicyclic amines) is 1. The van der Waals surface area contributed by atoms with Gasteiger partial charge in [0.25, 0.3) is 0 Å². The van der Waals surface area contributed by atoms with Gasteiger partial charge in [-0.2, -0.15) is 0 Å². The number of carbonyl (C=O) groups is 1. The summed E-state index contributed by atoms with van der Waals surface area (Å²) in [5.41, 5.74) is 1.51. The molecule has 1 aromatic rings. The average Bonchev–Trinajstić information content (AvgIpc) is 3.10. The number of carbonyl (C=O) groups excluding carboxylic acids is 1. The van der Waals surface area contributed by atoms with Gasteiger partial charge in [0, 0.05) is 19.1 Å². The first-order valence-electron chi connectivity index (χ1n) is 9.23. The Labute approximate surface area is 139 Å². The largest absolute Gasteiger partial charge is 0.466 e. The van der Waals surface area contributed by atoms with Crippen LogP contribution in [0.4, 0.5) is 0 Å². The zero-order chi connectivity index (χ0) is 15.8. The van der Waals surface area contributed by atoms with Gasteiger partial charge in [-0.15, -0.1) is 0 Å². The first-order valence-corrected chi connectivity index (χ1v) is 9.23. The van der Waals surface area contributed by atoms with Crippen molar-refractivity contribution >= 4 is 5.97 Å². The molecule has 4 rings (SSSR count). The maximum absolute atomic E-state index is 11.9. The lowest BCUT2D eigenvalue weighted by atomic mass is 9.81. The summed E-state index contributed by atoms with van der Waals surface area (Å²) in [6, 6.07) is 11.7. The maximum Gasteiger partial charge on any atom is 0.309 e. The molecular formula is C20H27NO2. The van der Waals surface area contributed by atoms with Crippen LogP contribution in [-0.2, 0) is 9.53 Å². The molecule has 1 unspecified atom stereocenters. The van der Waals surface area contributed by atoms with Crippen LogP contribution in [0.5, 0.6) is 0 Å². The van der Waals surface area contributed by atoms with Crippen molar-refractivity contribution in [2.45, 2.75) is 44.6 Å². The van der Waals surface area contributed by atoms with E-state index < -0.39 is 0 Å². The molecule has 0 amide bonds. The lowest BCUT2D eigenvalue weighted by Crippen LogP contribution is -2.38. The molecule has 23 heavy (non-hydrogen) atoms. The van der Waals surface area contributed by atoms with Gasteiger partial charge in [-0.05, 0) is 55.9 Å². The Bertz CT molecular complexity index is 538. The number of esters is 1. The van der Waals surface area contributed by atoms with Crippen LogP contribution in [0.25, 0.3) is 0 Å². The van der Waals surface area contributed by atoms with Crippen molar-refractivity contribution in [1.82, 2.24) is 4.90 Å². The highest BCUT2D eigenvalue weighted by atomic mass is 16.5. The van der Waals surface area contributed by atoms with E-state index in [4.69, 9.17) is 4.74 Å². The van der Waals surface area contributed by atoms with Gasteiger partial charge >= 0.3 is 5.97 Å². The highest BCUT2D eigenvalue weighted by Gasteiger charge is 2.60. The first kappa shape index (κ1) is 15.2. The fourth-order valence-corrected chi connectivity index (χ4v) is 4.94. The summed E-state index contributed by atoms with van der Waals surface area (Å²) < 4.78 is 5.19. The fraction of sp³-hybridized carbons (Fsp3) is 0.650. The molecule has 0 radical (unpaired) electrons. The molecule has 1 aromatic carbocycles. The molecule has 0 spiro atoms. The van der Waals surface area contributed by atoms with Crippen molar-refractivity contribution in [3.63, 3.8) is 0 Å². The first-order chi connectivity index (χ1) is 11.3. The molecule has 0 N–H and O–H groups in total. The van der Waals surface area contributed by atoms with E-state index in [1.54, 1.807) is 0 Å². The SMILES string of the molecule is CCOC(=O)C1[C@H]2CN(C3CCC(c4ccccc4)CC3)C[C@@H]12. The molecule has 3 fully saturated rings. The van der Waals surface area contributed by atoms with E-state index in [9.17, 15) is 4.79 Å². The Kier molecular flexibility index (Phi) is 4.14. The van der Waals surface area contributed by atoms with Crippen LogP contribution in [0.2, 0.25) is 0 Å². The lowest BCUT2D eigenvalue weighted by molar-refractivity contribution is -0.145. The number of hydrogen-bond donors (Lipinski definition) is 0. The molecule has 3 atom stereocenters. The fourth-order valence-electron chi connectivity index (χ4n) is 4.94. The van der Waals surface area contributed by atoms with Gasteiger partial charge < -0.3 is 4.74 Å². The van der Waals surface area contributed by atoms with Crippen LogP contribution in [-0.4, -0.2) is 36.6 Å². The predicted molar refractivity (Wildman–Crippen MR) is 90.1 cm³/mol. The van der Waals surface area contributed by atoms with Gasteiger partial charge in [-0.25, -0.2) is 0 Å². The molecule has 124 valence electrons. The Hall–Kier alpha value is -1.35. The summed E-state index contributed by atoms with van der Waals surface area (Å²) in [6.45, 7) is 4.65. The summed E-state index contributed by atoms with van der Waals surface area (Å²) >= 11 is 0. The predicted octanol–water partition coefficient (Wildman–Crippen LogP) is 3.45. The van der Waals surface area contributed by atoms with Crippen LogP contribution in [0.1, 0.15) is 44.1 Å². The van der Waals surface area contributed by atoms with Crippen molar-refractivity contribution in [3.05, 3.63) is 35.9 Å². The molecule has 3 nitrogen and oxygen atoms in total. The van der Waals surface area contributed by atoms with Crippen molar-refractivity contribution in [1.29, 1.82) is 0 Å². The number of rotatable bonds is 4. The average molecular weight is 313 g/mol. The van der Waals surface area contributed by atoms with Crippen LogP contribution in [0, 0.1) is 17.8 Å². The van der Waals surface area contributed by atoms with E-state index in [1.807, 2.05) is 6.92 Å². The second-order valence-electron chi connectivity index (χ2n) is 7.48. The standard InChI is InChI=1S/C20H27NO2/c1-2-23-20(22)19-17-12-21(13-18(17)19)16-10-8-15(9-11-16)14-6-4-3-5-7-14/h3-7,15-19H,2,8-13H2,1H3/t15?,16?,17-,18+,19?. The van der Waals surface area contributed by atoms with Gasteiger partial charge in [0.05, 0.1) is 12.5 Å². The molecule has 1 heterocycles. The van der Waals surface area contributed by atoms with E-state index in [0.29, 0.717) is 18.4 Å². The normalized spacial score (nSPS) is 36.5. The summed E-state index contributed by atoms with van der Waals surface area (Å²) in [5.74, 6) is 2.18. The lowest BCUT2D eigenvalue weighted by Gasteiger charge is -2.36. The third-order valence-electron chi connectivity index (χ3n) is 6.27. The molecule has 3 heteroatoms. The monoisotopic (exact) mass is 313 g/mol. The second kappa shape index (κ2) is 6.27. The molecule has 3 aliphatic rings. The summed E-state index contributed by atoms with van der Waals surface area (Å²) in [5, 5.41) is 0. The number of nitrogens with zero attached hydrogens (tertiary/aromatic N) is 1. The minimum absolute atomic E-state index is 0.0509. The van der Waals surface area contributed by atoms with E-state index >= 15 is 0 Å². The smallest absolute Gasteiger partial charge is 0.309 e. The zero-order valence-corrected chi connectivity index (χ0v) is 14.0. The van der Waals surface area contributed by atoms with Gasteiger partial charge in [0.1, 0.15) is 0 Å². The van der Waals surface area contributed by atoms with E-state index in [2.05, 4.69) is 35.2 Å². The van der Waals surface area contributed by atoms with Gasteiger partial charge in [0.2, 0.25) is 0 Å². The Balaban J connectivity index is 1.26. The molecule has 2 saturated carbocycles. The Morgan fingerprint density at radius 3 is 2.35 bits per heavy atom. The summed E-state index contributed by atoms with van der Waals surface area (Å²) in [4.78, 5) is 14.5. The number of piperidine rings is 1. The second-order valence-corrected chi connectivity index (χ2v) is 7.48. The zero-order valence-electron chi connectivity index (χ0n) is 14.0. The molecule has 1 aliphatic heterocycles. The molecular weight excluding hydrogens is 286 g/mol. The molecule has 1 saturated heterocycles. The molecule has 2 aliphatic carbocycles. The number of ether oxygens (including phenoxy) is 1. The van der Waals surface area contributed by atoms with Gasteiger partial charge in [0.15, 0.2) is 0 Å². The van der Waals surface area contributed by atoms with Crippen molar-refractivity contribution in [2.75, 3.05) is 19.7 Å². The van der Waals surface area contributed by atoms with E-state index in [1.165, 1.54) is 31.2 Å². The van der Waals surface area contributed by atoms with Crippen molar-refractivity contribution in [2.24, 2.45) is 17.8 Å². The van der Waals surface area contributed by atoms with Crippen LogP contribution >= 0.6 is 0 Å². The van der Waals surface area contributed by atoms with Crippen LogP contribution in [0.3, 0.4) is 0 Å². The van der Waals surface area contributed by atoms with Gasteiger partial charge in [-0.1, -0.05) is 30.3 Å². The number of hydrogen-bond acceptors (Lipinski definition) is 3. The van der Waals surface area contributed by atoms with Crippen LogP contribution in [0.15, 0.2) is 30.3 Å². The van der Waals surface area contributed by atoms with Crippen LogP contribution < -0.4 is 0 Å². The highest BCUT2D eigenvalue weighted by molar-refractivity contribution is 5.77.